The van der Waals surface area contributed by atoms with E-state index >= 15 is 0 Å². The molecule has 64 heavy (non-hydrogen) atoms. The highest BCUT2D eigenvalue weighted by Gasteiger charge is 2.25. The number of para-hydroxylation sites is 1. The highest BCUT2D eigenvalue weighted by atomic mass is 16.4. The van der Waals surface area contributed by atoms with Crippen molar-refractivity contribution < 1.29 is 35.7 Å². The van der Waals surface area contributed by atoms with E-state index in [2.05, 4.69) is 88.7 Å². The van der Waals surface area contributed by atoms with Crippen LogP contribution in [-0.2, 0) is 0 Å². The number of anilines is 6. The summed E-state index contributed by atoms with van der Waals surface area (Å²) in [6, 6.07) is 55.9. The van der Waals surface area contributed by atoms with Gasteiger partial charge >= 0.3 is 0 Å². The van der Waals surface area contributed by atoms with Crippen LogP contribution in [0.4, 0.5) is 34.1 Å². The number of nitrogens with zero attached hydrogens (tertiary/aromatic N) is 2. The smallest absolute Gasteiger partial charge is 0.208 e. The summed E-state index contributed by atoms with van der Waals surface area (Å²) in [6.07, 6.45) is 0. The first-order valence-electron chi connectivity index (χ1n) is 20.7. The van der Waals surface area contributed by atoms with Gasteiger partial charge < -0.3 is 45.5 Å². The van der Waals surface area contributed by atoms with Crippen molar-refractivity contribution in [3.8, 4) is 73.6 Å². The second-order valence-corrected chi connectivity index (χ2v) is 15.8. The van der Waals surface area contributed by atoms with Crippen LogP contribution in [0, 0.1) is 20.8 Å². The number of hydrogen-bond acceptors (Lipinski definition) is 9. The fourth-order valence-electron chi connectivity index (χ4n) is 8.45. The number of aromatic hydroxyl groups is 7. The standard InChI is InChI=1S/C55H44N2O7/c1-32-33(2)50(59)47(34(3)49(32)58)38-20-28-42(29-21-38)56(40-12-5-4-6-13-40)41-24-16-35(17-25-41)36-18-26-43(27-19-36)57(46-15-9-11-37-10-7-8-14-45(37)46)44-30-22-39(23-31-44)48-51(60)53(62)55(64)54(63)52(48)61/h4-31,58-64H,1-3H3. The summed E-state index contributed by atoms with van der Waals surface area (Å²) < 4.78 is 0. The lowest BCUT2D eigenvalue weighted by Crippen LogP contribution is -2.10. The van der Waals surface area contributed by atoms with E-state index in [0.717, 1.165) is 61.6 Å². The van der Waals surface area contributed by atoms with Crippen LogP contribution in [0.1, 0.15) is 16.7 Å². The van der Waals surface area contributed by atoms with Crippen LogP contribution in [0.3, 0.4) is 0 Å². The number of benzene rings is 9. The molecule has 0 atom stereocenters. The van der Waals surface area contributed by atoms with Gasteiger partial charge in [-0.3, -0.25) is 0 Å². The molecule has 9 heteroatoms. The molecule has 0 bridgehead atoms. The van der Waals surface area contributed by atoms with Gasteiger partial charge in [0.1, 0.15) is 11.5 Å². The molecule has 9 nitrogen and oxygen atoms in total. The highest BCUT2D eigenvalue weighted by Crippen LogP contribution is 2.55. The molecule has 9 aromatic carbocycles. The molecule has 9 aromatic rings. The van der Waals surface area contributed by atoms with E-state index in [1.807, 2.05) is 92.7 Å². The van der Waals surface area contributed by atoms with Crippen LogP contribution in [0.25, 0.3) is 44.2 Å². The van der Waals surface area contributed by atoms with Crippen molar-refractivity contribution in [1.82, 2.24) is 0 Å². The monoisotopic (exact) mass is 844 g/mol. The summed E-state index contributed by atoms with van der Waals surface area (Å²) in [5, 5.41) is 75.6. The van der Waals surface area contributed by atoms with Gasteiger partial charge in [0.2, 0.25) is 17.2 Å². The Bertz CT molecular complexity index is 3120. The Morgan fingerprint density at radius 3 is 1.20 bits per heavy atom. The van der Waals surface area contributed by atoms with Gasteiger partial charge in [-0.25, -0.2) is 0 Å². The summed E-state index contributed by atoms with van der Waals surface area (Å²) in [4.78, 5) is 4.28. The second-order valence-electron chi connectivity index (χ2n) is 15.8. The third-order valence-electron chi connectivity index (χ3n) is 12.0. The molecule has 0 aliphatic rings. The Hall–Kier alpha value is -8.56. The molecule has 0 heterocycles. The number of fused-ring (bicyclic) bond motifs is 1. The van der Waals surface area contributed by atoms with Gasteiger partial charge in [-0.15, -0.1) is 0 Å². The van der Waals surface area contributed by atoms with E-state index in [1.165, 1.54) is 0 Å². The zero-order chi connectivity index (χ0) is 44.8. The highest BCUT2D eigenvalue weighted by molar-refractivity contribution is 5.99. The Kier molecular flexibility index (Phi) is 10.4. The molecule has 0 saturated heterocycles. The third kappa shape index (κ3) is 7.04. The molecule has 0 saturated carbocycles. The first kappa shape index (κ1) is 40.8. The minimum absolute atomic E-state index is 0.167. The molecule has 0 fully saturated rings. The van der Waals surface area contributed by atoms with Crippen molar-refractivity contribution in [3.05, 3.63) is 187 Å². The number of phenolic OH excluding ortho intramolecular Hbond substituents is 7. The Morgan fingerprint density at radius 2 is 0.672 bits per heavy atom. The lowest BCUT2D eigenvalue weighted by atomic mass is 9.92. The topological polar surface area (TPSA) is 148 Å². The van der Waals surface area contributed by atoms with Crippen molar-refractivity contribution in [1.29, 1.82) is 0 Å². The molecule has 9 rings (SSSR count). The quantitative estimate of drug-likeness (QED) is 0.0557. The Labute approximate surface area is 370 Å². The van der Waals surface area contributed by atoms with Crippen LogP contribution >= 0.6 is 0 Å². The molecule has 0 unspecified atom stereocenters. The van der Waals surface area contributed by atoms with E-state index in [-0.39, 0.29) is 17.1 Å². The van der Waals surface area contributed by atoms with E-state index in [4.69, 9.17) is 0 Å². The summed E-state index contributed by atoms with van der Waals surface area (Å²) in [5.41, 5.74) is 10.9. The molecule has 316 valence electrons. The average molecular weight is 845 g/mol. The zero-order valence-corrected chi connectivity index (χ0v) is 35.2. The second kappa shape index (κ2) is 16.4. The van der Waals surface area contributed by atoms with Gasteiger partial charge in [0.25, 0.3) is 0 Å². The van der Waals surface area contributed by atoms with Crippen molar-refractivity contribution in [2.75, 3.05) is 9.80 Å². The van der Waals surface area contributed by atoms with Gasteiger partial charge in [-0.2, -0.15) is 0 Å². The predicted octanol–water partition coefficient (Wildman–Crippen LogP) is 13.6. The summed E-state index contributed by atoms with van der Waals surface area (Å²) in [5.74, 6) is -4.05. The molecule has 7 N–H and O–H groups in total. The van der Waals surface area contributed by atoms with Crippen molar-refractivity contribution in [2.45, 2.75) is 20.8 Å². The van der Waals surface area contributed by atoms with Gasteiger partial charge in [0.05, 0.1) is 11.3 Å². The van der Waals surface area contributed by atoms with E-state index in [1.54, 1.807) is 19.1 Å². The van der Waals surface area contributed by atoms with Crippen LogP contribution < -0.4 is 9.80 Å². The summed E-state index contributed by atoms with van der Waals surface area (Å²) >= 11 is 0. The van der Waals surface area contributed by atoms with Gasteiger partial charge in [0.15, 0.2) is 11.5 Å². The molecule has 0 aliphatic carbocycles. The summed E-state index contributed by atoms with van der Waals surface area (Å²) in [7, 11) is 0. The maximum atomic E-state index is 11.1. The van der Waals surface area contributed by atoms with Crippen molar-refractivity contribution >= 4 is 44.9 Å². The van der Waals surface area contributed by atoms with Crippen LogP contribution in [0.5, 0.6) is 40.2 Å². The predicted molar refractivity (Wildman–Crippen MR) is 255 cm³/mol. The normalized spacial score (nSPS) is 11.2. The minimum Gasteiger partial charge on any atom is -0.507 e. The zero-order valence-electron chi connectivity index (χ0n) is 35.2. The minimum atomic E-state index is -1.01. The Morgan fingerprint density at radius 1 is 0.281 bits per heavy atom. The van der Waals surface area contributed by atoms with Crippen LogP contribution in [0.15, 0.2) is 170 Å². The largest absolute Gasteiger partial charge is 0.507 e. The van der Waals surface area contributed by atoms with Crippen molar-refractivity contribution in [3.63, 3.8) is 0 Å². The third-order valence-corrected chi connectivity index (χ3v) is 12.0. The van der Waals surface area contributed by atoms with Gasteiger partial charge in [-0.05, 0) is 126 Å². The van der Waals surface area contributed by atoms with E-state index < -0.39 is 28.7 Å². The lowest BCUT2D eigenvalue weighted by Gasteiger charge is -2.27. The van der Waals surface area contributed by atoms with Gasteiger partial charge in [-0.1, -0.05) is 103 Å². The average Bonchev–Trinajstić information content (AvgIpc) is 3.33. The Balaban J connectivity index is 1.05. The molecule has 0 aromatic heterocycles. The SMILES string of the molecule is Cc1c(C)c(O)c(-c2ccc(N(c3ccccc3)c3ccc(-c4ccc(N(c5ccc(-c6c(O)c(O)c(O)c(O)c6O)cc5)c5cccc6ccccc56)cc4)cc3)cc2)c(C)c1O. The maximum Gasteiger partial charge on any atom is 0.208 e. The van der Waals surface area contributed by atoms with Gasteiger partial charge in [0, 0.05) is 45.0 Å². The molecule has 0 amide bonds. The summed E-state index contributed by atoms with van der Waals surface area (Å²) in [6.45, 7) is 5.43. The molecule has 0 spiro atoms. The van der Waals surface area contributed by atoms with Crippen LogP contribution in [-0.4, -0.2) is 35.7 Å². The lowest BCUT2D eigenvalue weighted by molar-refractivity contribution is 0.330. The number of rotatable bonds is 9. The molecule has 0 radical (unpaired) electrons. The molecular formula is C55H44N2O7. The first-order valence-corrected chi connectivity index (χ1v) is 20.7. The van der Waals surface area contributed by atoms with Crippen LogP contribution in [0.2, 0.25) is 0 Å². The fourth-order valence-corrected chi connectivity index (χ4v) is 8.45. The molecular weight excluding hydrogens is 801 g/mol. The van der Waals surface area contributed by atoms with Crippen molar-refractivity contribution in [2.24, 2.45) is 0 Å². The van der Waals surface area contributed by atoms with E-state index in [9.17, 15) is 35.7 Å². The molecule has 0 aliphatic heterocycles. The first-order chi connectivity index (χ1) is 30.9. The number of phenols is 7. The maximum absolute atomic E-state index is 11.1. The number of hydrogen-bond donors (Lipinski definition) is 7. The fraction of sp³-hybridized carbons (Fsp3) is 0.0545. The van der Waals surface area contributed by atoms with E-state index in [0.29, 0.717) is 27.8 Å².